The van der Waals surface area contributed by atoms with E-state index in [1.807, 2.05) is 37.3 Å². The van der Waals surface area contributed by atoms with Gasteiger partial charge in [-0.2, -0.15) is 0 Å². The van der Waals surface area contributed by atoms with Crippen molar-refractivity contribution < 1.29 is 9.53 Å². The van der Waals surface area contributed by atoms with Crippen molar-refractivity contribution in [2.45, 2.75) is 13.5 Å². The van der Waals surface area contributed by atoms with Gasteiger partial charge in [0.2, 0.25) is 0 Å². The van der Waals surface area contributed by atoms with Gasteiger partial charge < -0.3 is 10.1 Å². The third-order valence-corrected chi connectivity index (χ3v) is 4.78. The number of rotatable bonds is 4. The van der Waals surface area contributed by atoms with E-state index in [1.54, 1.807) is 7.11 Å². The van der Waals surface area contributed by atoms with E-state index in [4.69, 9.17) is 4.74 Å². The molecule has 0 atom stereocenters. The summed E-state index contributed by atoms with van der Waals surface area (Å²) >= 11 is 4.86. The molecule has 0 saturated carbocycles. The van der Waals surface area contributed by atoms with Crippen molar-refractivity contribution in [2.24, 2.45) is 0 Å². The van der Waals surface area contributed by atoms with Gasteiger partial charge in [-0.1, -0.05) is 18.2 Å². The van der Waals surface area contributed by atoms with E-state index < -0.39 is 0 Å². The highest BCUT2D eigenvalue weighted by Crippen LogP contribution is 2.28. The molecule has 0 bridgehead atoms. The van der Waals surface area contributed by atoms with Crippen LogP contribution in [0.4, 0.5) is 5.69 Å². The molecule has 1 aromatic carbocycles. The van der Waals surface area contributed by atoms with Gasteiger partial charge >= 0.3 is 0 Å². The van der Waals surface area contributed by atoms with Crippen LogP contribution in [0.1, 0.15) is 20.8 Å². The fourth-order valence-corrected chi connectivity index (χ4v) is 3.11. The molecule has 0 radical (unpaired) electrons. The summed E-state index contributed by atoms with van der Waals surface area (Å²) in [5.41, 5.74) is 2.82. The molecular weight excluding hydrogens is 326 g/mol. The predicted octanol–water partition coefficient (Wildman–Crippen LogP) is 4.22. The van der Waals surface area contributed by atoms with E-state index in [2.05, 4.69) is 21.2 Å². The molecule has 1 aromatic heterocycles. The predicted molar refractivity (Wildman–Crippen MR) is 81.9 cm³/mol. The first-order chi connectivity index (χ1) is 9.11. The maximum atomic E-state index is 12.2. The quantitative estimate of drug-likeness (QED) is 0.905. The molecule has 5 heteroatoms. The molecule has 3 nitrogen and oxygen atoms in total. The average molecular weight is 340 g/mol. The summed E-state index contributed by atoms with van der Waals surface area (Å²) in [5.74, 6) is -0.0950. The SMILES string of the molecule is COCc1ccccc1NC(=O)c1cc(C)c(Br)s1. The van der Waals surface area contributed by atoms with Crippen molar-refractivity contribution in [3.8, 4) is 0 Å². The second-order valence-electron chi connectivity index (χ2n) is 4.11. The Morgan fingerprint density at radius 2 is 2.16 bits per heavy atom. The van der Waals surface area contributed by atoms with Crippen LogP contribution in [0.3, 0.4) is 0 Å². The Balaban J connectivity index is 2.19. The fourth-order valence-electron chi connectivity index (χ4n) is 1.68. The number of carbonyl (C=O) groups is 1. The zero-order valence-corrected chi connectivity index (χ0v) is 13.1. The molecule has 100 valence electrons. The molecule has 0 aliphatic carbocycles. The number of carbonyl (C=O) groups excluding carboxylic acids is 1. The summed E-state index contributed by atoms with van der Waals surface area (Å²) in [6.07, 6.45) is 0. The second-order valence-corrected chi connectivity index (χ2v) is 6.48. The second kappa shape index (κ2) is 6.32. The molecule has 2 aromatic rings. The van der Waals surface area contributed by atoms with Crippen molar-refractivity contribution in [1.29, 1.82) is 0 Å². The van der Waals surface area contributed by atoms with Crippen LogP contribution in [0.5, 0.6) is 0 Å². The van der Waals surface area contributed by atoms with Crippen LogP contribution in [0.2, 0.25) is 0 Å². The molecule has 0 spiro atoms. The highest BCUT2D eigenvalue weighted by atomic mass is 79.9. The Kier molecular flexibility index (Phi) is 4.74. The highest BCUT2D eigenvalue weighted by Gasteiger charge is 2.12. The van der Waals surface area contributed by atoms with Crippen LogP contribution >= 0.6 is 27.3 Å². The summed E-state index contributed by atoms with van der Waals surface area (Å²) < 4.78 is 6.11. The number of thiophene rings is 1. The van der Waals surface area contributed by atoms with E-state index in [-0.39, 0.29) is 5.91 Å². The number of para-hydroxylation sites is 1. The van der Waals surface area contributed by atoms with E-state index in [9.17, 15) is 4.79 Å². The fraction of sp³-hybridized carbons (Fsp3) is 0.214. The Morgan fingerprint density at radius 1 is 1.42 bits per heavy atom. The number of hydrogen-bond acceptors (Lipinski definition) is 3. The zero-order chi connectivity index (χ0) is 13.8. The number of benzene rings is 1. The lowest BCUT2D eigenvalue weighted by molar-refractivity contribution is 0.103. The minimum Gasteiger partial charge on any atom is -0.380 e. The lowest BCUT2D eigenvalue weighted by atomic mass is 10.2. The number of anilines is 1. The van der Waals surface area contributed by atoms with Crippen molar-refractivity contribution in [3.05, 3.63) is 50.1 Å². The Labute approximate surface area is 124 Å². The lowest BCUT2D eigenvalue weighted by Crippen LogP contribution is -2.12. The number of ether oxygens (including phenoxy) is 1. The largest absolute Gasteiger partial charge is 0.380 e. The van der Waals surface area contributed by atoms with Crippen molar-refractivity contribution in [2.75, 3.05) is 12.4 Å². The lowest BCUT2D eigenvalue weighted by Gasteiger charge is -2.09. The number of methoxy groups -OCH3 is 1. The summed E-state index contributed by atoms with van der Waals surface area (Å²) in [7, 11) is 1.64. The van der Waals surface area contributed by atoms with Crippen LogP contribution in [-0.2, 0) is 11.3 Å². The standard InChI is InChI=1S/C14H14BrNO2S/c1-9-7-12(19-13(9)15)14(17)16-11-6-4-3-5-10(11)8-18-2/h3-7H,8H2,1-2H3,(H,16,17). The monoisotopic (exact) mass is 339 g/mol. The molecule has 2 rings (SSSR count). The Hall–Kier alpha value is -1.17. The molecule has 0 unspecified atom stereocenters. The van der Waals surface area contributed by atoms with Crippen LogP contribution in [0, 0.1) is 6.92 Å². The topological polar surface area (TPSA) is 38.3 Å². The molecular formula is C14H14BrNO2S. The van der Waals surface area contributed by atoms with Gasteiger partial charge in [-0.05, 0) is 40.5 Å². The van der Waals surface area contributed by atoms with Crippen LogP contribution in [0.25, 0.3) is 0 Å². The van der Waals surface area contributed by atoms with Crippen LogP contribution < -0.4 is 5.32 Å². The molecule has 19 heavy (non-hydrogen) atoms. The molecule has 1 heterocycles. The first-order valence-electron chi connectivity index (χ1n) is 5.76. The van der Waals surface area contributed by atoms with Crippen molar-refractivity contribution >= 4 is 38.9 Å². The normalized spacial score (nSPS) is 10.5. The first-order valence-corrected chi connectivity index (χ1v) is 7.37. The van der Waals surface area contributed by atoms with Crippen molar-refractivity contribution in [1.82, 2.24) is 0 Å². The summed E-state index contributed by atoms with van der Waals surface area (Å²) in [5, 5.41) is 2.92. The molecule has 0 aliphatic heterocycles. The van der Waals surface area contributed by atoms with E-state index in [0.717, 1.165) is 20.6 Å². The van der Waals surface area contributed by atoms with Gasteiger partial charge in [0.15, 0.2) is 0 Å². The van der Waals surface area contributed by atoms with Gasteiger partial charge in [0.05, 0.1) is 15.3 Å². The molecule has 0 saturated heterocycles. The number of amides is 1. The average Bonchev–Trinajstić information content (AvgIpc) is 2.72. The van der Waals surface area contributed by atoms with Gasteiger partial charge in [0, 0.05) is 18.4 Å². The number of halogens is 1. The molecule has 0 aliphatic rings. The maximum Gasteiger partial charge on any atom is 0.265 e. The van der Waals surface area contributed by atoms with Gasteiger partial charge in [0.25, 0.3) is 5.91 Å². The maximum absolute atomic E-state index is 12.2. The molecule has 1 amide bonds. The van der Waals surface area contributed by atoms with E-state index in [1.165, 1.54) is 11.3 Å². The molecule has 1 N–H and O–H groups in total. The number of aryl methyl sites for hydroxylation is 1. The van der Waals surface area contributed by atoms with E-state index in [0.29, 0.717) is 11.5 Å². The minimum absolute atomic E-state index is 0.0950. The summed E-state index contributed by atoms with van der Waals surface area (Å²) in [4.78, 5) is 12.9. The number of nitrogens with one attached hydrogen (secondary N) is 1. The van der Waals surface area contributed by atoms with Crippen LogP contribution in [-0.4, -0.2) is 13.0 Å². The first kappa shape index (κ1) is 14.2. The summed E-state index contributed by atoms with van der Waals surface area (Å²) in [6.45, 7) is 2.44. The van der Waals surface area contributed by atoms with Crippen LogP contribution in [0.15, 0.2) is 34.1 Å². The highest BCUT2D eigenvalue weighted by molar-refractivity contribution is 9.11. The van der Waals surface area contributed by atoms with Gasteiger partial charge in [-0.15, -0.1) is 11.3 Å². The van der Waals surface area contributed by atoms with Crippen molar-refractivity contribution in [3.63, 3.8) is 0 Å². The minimum atomic E-state index is -0.0950. The van der Waals surface area contributed by atoms with Gasteiger partial charge in [0.1, 0.15) is 0 Å². The van der Waals surface area contributed by atoms with Gasteiger partial charge in [-0.25, -0.2) is 0 Å². The smallest absolute Gasteiger partial charge is 0.265 e. The Bertz CT molecular complexity index is 575. The zero-order valence-electron chi connectivity index (χ0n) is 10.7. The Morgan fingerprint density at radius 3 is 2.79 bits per heavy atom. The van der Waals surface area contributed by atoms with E-state index >= 15 is 0 Å². The molecule has 0 fully saturated rings. The summed E-state index contributed by atoms with van der Waals surface area (Å²) in [6, 6.07) is 9.51. The van der Waals surface area contributed by atoms with Gasteiger partial charge in [-0.3, -0.25) is 4.79 Å². The third kappa shape index (κ3) is 3.43. The third-order valence-electron chi connectivity index (χ3n) is 2.65. The number of hydrogen-bond donors (Lipinski definition) is 1.